The molecule has 0 aliphatic carbocycles. The number of aliphatic hydroxyl groups is 1. The molecule has 0 aliphatic rings. The van der Waals surface area contributed by atoms with Gasteiger partial charge in [-0.2, -0.15) is 0 Å². The molecule has 4 nitrogen and oxygen atoms in total. The Bertz CT molecular complexity index is 655. The fourth-order valence-corrected chi connectivity index (χ4v) is 2.42. The molecule has 128 valence electrons. The third-order valence-electron chi connectivity index (χ3n) is 3.54. The molecule has 1 atom stereocenters. The van der Waals surface area contributed by atoms with Crippen LogP contribution in [0.1, 0.15) is 21.5 Å². The number of hydrogen-bond donors (Lipinski definition) is 1. The highest BCUT2D eigenvalue weighted by Crippen LogP contribution is 2.11. The zero-order valence-corrected chi connectivity index (χ0v) is 13.9. The summed E-state index contributed by atoms with van der Waals surface area (Å²) in [5.74, 6) is -0.779. The van der Waals surface area contributed by atoms with Crippen LogP contribution < -0.4 is 0 Å². The molecule has 5 heteroatoms. The van der Waals surface area contributed by atoms with Crippen molar-refractivity contribution in [2.45, 2.75) is 19.6 Å². The average molecular weight is 331 g/mol. The first-order chi connectivity index (χ1) is 11.5. The lowest BCUT2D eigenvalue weighted by molar-refractivity contribution is 0.0137. The molecule has 2 rings (SSSR count). The van der Waals surface area contributed by atoms with E-state index in [1.807, 2.05) is 30.3 Å². The number of nitrogens with zero attached hydrogens (tertiary/aromatic N) is 1. The summed E-state index contributed by atoms with van der Waals surface area (Å²) in [7, 11) is 1.57. The lowest BCUT2D eigenvalue weighted by atomic mass is 10.1. The molecule has 2 aromatic carbocycles. The normalized spacial score (nSPS) is 12.0. The predicted molar refractivity (Wildman–Crippen MR) is 90.2 cm³/mol. The lowest BCUT2D eigenvalue weighted by Gasteiger charge is -2.21. The number of ether oxygens (including phenoxy) is 1. The molecule has 0 heterocycles. The third kappa shape index (κ3) is 5.44. The summed E-state index contributed by atoms with van der Waals surface area (Å²) in [6.45, 7) is 2.36. The van der Waals surface area contributed by atoms with E-state index in [-0.39, 0.29) is 24.6 Å². The number of rotatable bonds is 7. The van der Waals surface area contributed by atoms with Crippen LogP contribution in [0.25, 0.3) is 0 Å². The van der Waals surface area contributed by atoms with Crippen LogP contribution in [-0.2, 0) is 11.3 Å². The summed E-state index contributed by atoms with van der Waals surface area (Å²) >= 11 is 0. The summed E-state index contributed by atoms with van der Waals surface area (Å²) in [5, 5.41) is 10.0. The van der Waals surface area contributed by atoms with Gasteiger partial charge in [-0.15, -0.1) is 0 Å². The molecule has 0 aliphatic heterocycles. The van der Waals surface area contributed by atoms with Gasteiger partial charge < -0.3 is 14.7 Å². The van der Waals surface area contributed by atoms with E-state index in [9.17, 15) is 14.3 Å². The monoisotopic (exact) mass is 331 g/mol. The fraction of sp³-hybridized carbons (Fsp3) is 0.316. The number of hydrogen-bond acceptors (Lipinski definition) is 3. The zero-order chi connectivity index (χ0) is 17.5. The Morgan fingerprint density at radius 3 is 2.62 bits per heavy atom. The fourth-order valence-electron chi connectivity index (χ4n) is 2.42. The maximum Gasteiger partial charge on any atom is 0.253 e. The van der Waals surface area contributed by atoms with Crippen molar-refractivity contribution in [2.24, 2.45) is 0 Å². The van der Waals surface area contributed by atoms with E-state index >= 15 is 0 Å². The molecule has 0 aromatic heterocycles. The third-order valence-corrected chi connectivity index (χ3v) is 3.54. The topological polar surface area (TPSA) is 49.8 Å². The molecule has 1 N–H and O–H groups in total. The van der Waals surface area contributed by atoms with Crippen LogP contribution in [0, 0.1) is 12.7 Å². The zero-order valence-electron chi connectivity index (χ0n) is 13.9. The molecule has 0 bridgehead atoms. The highest BCUT2D eigenvalue weighted by Gasteiger charge is 2.16. The highest BCUT2D eigenvalue weighted by molar-refractivity contribution is 5.94. The minimum absolute atomic E-state index is 0.114. The van der Waals surface area contributed by atoms with Crippen molar-refractivity contribution in [3.8, 4) is 0 Å². The maximum atomic E-state index is 13.4. The van der Waals surface area contributed by atoms with Crippen LogP contribution in [0.5, 0.6) is 0 Å². The number of amides is 1. The molecule has 0 spiro atoms. The number of carbonyl (C=O) groups excluding carboxylic acids is 1. The molecule has 0 saturated carbocycles. The van der Waals surface area contributed by atoms with Gasteiger partial charge in [0.2, 0.25) is 0 Å². The molecule has 1 amide bonds. The second kappa shape index (κ2) is 8.57. The van der Waals surface area contributed by atoms with Crippen LogP contribution in [0.4, 0.5) is 4.39 Å². The number of aliphatic hydroxyl groups excluding tert-OH is 1. The summed E-state index contributed by atoms with van der Waals surface area (Å²) in [6, 6.07) is 13.8. The minimum atomic E-state index is -0.808. The van der Waals surface area contributed by atoms with Crippen LogP contribution in [0.2, 0.25) is 0 Å². The quantitative estimate of drug-likeness (QED) is 0.849. The maximum absolute atomic E-state index is 13.4. The van der Waals surface area contributed by atoms with Gasteiger partial charge in [-0.25, -0.2) is 4.39 Å². The van der Waals surface area contributed by atoms with Crippen molar-refractivity contribution in [2.75, 3.05) is 20.2 Å². The van der Waals surface area contributed by atoms with Gasteiger partial charge in [0.25, 0.3) is 5.91 Å². The summed E-state index contributed by atoms with van der Waals surface area (Å²) < 4.78 is 18.9. The van der Waals surface area contributed by atoms with Crippen LogP contribution in [0.15, 0.2) is 48.5 Å². The van der Waals surface area contributed by atoms with E-state index in [1.165, 1.54) is 17.0 Å². The van der Waals surface area contributed by atoms with Crippen molar-refractivity contribution in [1.29, 1.82) is 0 Å². The first-order valence-corrected chi connectivity index (χ1v) is 7.78. The molecular weight excluding hydrogens is 309 g/mol. The summed E-state index contributed by atoms with van der Waals surface area (Å²) in [5.41, 5.74) is 1.97. The van der Waals surface area contributed by atoms with E-state index in [2.05, 4.69) is 0 Å². The van der Waals surface area contributed by atoms with Crippen molar-refractivity contribution in [1.82, 2.24) is 4.90 Å². The van der Waals surface area contributed by atoms with E-state index in [0.29, 0.717) is 12.2 Å². The van der Waals surface area contributed by atoms with E-state index in [4.69, 9.17) is 4.74 Å². The van der Waals surface area contributed by atoms with Gasteiger partial charge in [0.05, 0.1) is 19.3 Å². The molecule has 0 radical (unpaired) electrons. The number of benzene rings is 2. The average Bonchev–Trinajstić information content (AvgIpc) is 2.54. The Morgan fingerprint density at radius 1 is 1.25 bits per heavy atom. The first-order valence-electron chi connectivity index (χ1n) is 7.78. The van der Waals surface area contributed by atoms with Crippen LogP contribution in [0.3, 0.4) is 0 Å². The Kier molecular flexibility index (Phi) is 6.46. The smallest absolute Gasteiger partial charge is 0.253 e. The molecule has 24 heavy (non-hydrogen) atoms. The number of halogens is 1. The minimum Gasteiger partial charge on any atom is -0.389 e. The Morgan fingerprint density at radius 2 is 1.96 bits per heavy atom. The Balaban J connectivity index is 1.82. The second-order valence-electron chi connectivity index (χ2n) is 5.86. The lowest BCUT2D eigenvalue weighted by Crippen LogP contribution is -2.36. The van der Waals surface area contributed by atoms with Gasteiger partial charge in [0.15, 0.2) is 0 Å². The Hall–Kier alpha value is -2.24. The van der Waals surface area contributed by atoms with Gasteiger partial charge in [0.1, 0.15) is 5.82 Å². The molecule has 2 aromatic rings. The van der Waals surface area contributed by atoms with Gasteiger partial charge >= 0.3 is 0 Å². The van der Waals surface area contributed by atoms with Gasteiger partial charge in [-0.3, -0.25) is 4.79 Å². The molecule has 1 unspecified atom stereocenters. The van der Waals surface area contributed by atoms with Crippen molar-refractivity contribution >= 4 is 5.91 Å². The van der Waals surface area contributed by atoms with Gasteiger partial charge in [-0.1, -0.05) is 30.3 Å². The largest absolute Gasteiger partial charge is 0.389 e. The number of aryl methyl sites for hydroxylation is 1. The molecular formula is C19H22FNO3. The first kappa shape index (κ1) is 18.1. The van der Waals surface area contributed by atoms with Crippen LogP contribution in [-0.4, -0.2) is 42.2 Å². The summed E-state index contributed by atoms with van der Waals surface area (Å²) in [6.07, 6.45) is -0.808. The Labute approximate surface area is 141 Å². The van der Waals surface area contributed by atoms with E-state index in [1.54, 1.807) is 20.0 Å². The van der Waals surface area contributed by atoms with Gasteiger partial charge in [-0.05, 0) is 36.2 Å². The molecule has 0 saturated heterocycles. The van der Waals surface area contributed by atoms with E-state index < -0.39 is 11.9 Å². The van der Waals surface area contributed by atoms with Crippen molar-refractivity contribution in [3.05, 3.63) is 71.0 Å². The predicted octanol–water partition coefficient (Wildman–Crippen LogP) is 2.78. The van der Waals surface area contributed by atoms with Crippen molar-refractivity contribution < 1.29 is 19.0 Å². The number of likely N-dealkylation sites (N-methyl/N-ethyl adjacent to an activating group) is 1. The van der Waals surface area contributed by atoms with E-state index in [0.717, 1.165) is 5.56 Å². The number of carbonyl (C=O) groups is 1. The van der Waals surface area contributed by atoms with Gasteiger partial charge in [0, 0.05) is 19.2 Å². The standard InChI is InChI=1S/C19H22FNO3/c1-14-8-16(10-17(20)9-14)19(23)21(2)11-18(22)13-24-12-15-6-4-3-5-7-15/h3-10,18,22H,11-13H2,1-2H3. The second-order valence-corrected chi connectivity index (χ2v) is 5.86. The SMILES string of the molecule is Cc1cc(F)cc(C(=O)N(C)CC(O)COCc2ccccc2)c1. The highest BCUT2D eigenvalue weighted by atomic mass is 19.1. The van der Waals surface area contributed by atoms with Crippen LogP contribution >= 0.6 is 0 Å². The summed E-state index contributed by atoms with van der Waals surface area (Å²) in [4.78, 5) is 13.7. The van der Waals surface area contributed by atoms with Crippen molar-refractivity contribution in [3.63, 3.8) is 0 Å². The molecule has 0 fully saturated rings.